The van der Waals surface area contributed by atoms with Crippen molar-refractivity contribution in [2.24, 2.45) is 0 Å². The van der Waals surface area contributed by atoms with Crippen LogP contribution >= 0.6 is 0 Å². The molecular formula is C18H20N4O3S. The molecule has 1 aliphatic rings. The summed E-state index contributed by atoms with van der Waals surface area (Å²) in [7, 11) is -3.69. The third-order valence-electron chi connectivity index (χ3n) is 4.46. The molecule has 3 heterocycles. The van der Waals surface area contributed by atoms with E-state index in [4.69, 9.17) is 0 Å². The Morgan fingerprint density at radius 3 is 2.77 bits per heavy atom. The van der Waals surface area contributed by atoms with Crippen LogP contribution in [-0.4, -0.2) is 41.1 Å². The van der Waals surface area contributed by atoms with Gasteiger partial charge < -0.3 is 10.1 Å². The van der Waals surface area contributed by atoms with Crippen LogP contribution in [0.3, 0.4) is 0 Å². The van der Waals surface area contributed by atoms with Crippen LogP contribution in [0.25, 0.3) is 22.3 Å². The first-order valence-corrected chi connectivity index (χ1v) is 10.0. The fourth-order valence-electron chi connectivity index (χ4n) is 2.90. The van der Waals surface area contributed by atoms with Crippen LogP contribution in [0.1, 0.15) is 31.4 Å². The van der Waals surface area contributed by atoms with Crippen molar-refractivity contribution in [1.82, 2.24) is 19.7 Å². The Kier molecular flexibility index (Phi) is 4.26. The lowest BCUT2D eigenvalue weighted by Gasteiger charge is -2.09. The van der Waals surface area contributed by atoms with Gasteiger partial charge in [-0.05, 0) is 49.9 Å². The Hall–Kier alpha value is -2.29. The summed E-state index contributed by atoms with van der Waals surface area (Å²) in [5.74, 6) is 0.595. The van der Waals surface area contributed by atoms with E-state index in [1.54, 1.807) is 12.3 Å². The molecule has 0 saturated heterocycles. The molecule has 0 amide bonds. The molecule has 1 saturated carbocycles. The van der Waals surface area contributed by atoms with Crippen LogP contribution in [0.5, 0.6) is 0 Å². The Morgan fingerprint density at radius 2 is 2.12 bits per heavy atom. The van der Waals surface area contributed by atoms with Gasteiger partial charge in [0.1, 0.15) is 10.5 Å². The topological polar surface area (TPSA) is 108 Å². The van der Waals surface area contributed by atoms with Crippen molar-refractivity contribution < 1.29 is 13.5 Å². The fraction of sp³-hybridized carbons (Fsp3) is 0.333. The van der Waals surface area contributed by atoms with Gasteiger partial charge in [0.05, 0.1) is 11.8 Å². The van der Waals surface area contributed by atoms with E-state index in [0.29, 0.717) is 11.6 Å². The molecule has 136 valence electrons. The summed E-state index contributed by atoms with van der Waals surface area (Å²) in [6.45, 7) is 1.48. The van der Waals surface area contributed by atoms with Gasteiger partial charge in [-0.25, -0.2) is 18.1 Å². The minimum atomic E-state index is -3.69. The second kappa shape index (κ2) is 6.46. The smallest absolute Gasteiger partial charge is 0.242 e. The number of aromatic nitrogens is 3. The molecule has 4 rings (SSSR count). The summed E-state index contributed by atoms with van der Waals surface area (Å²) in [6.07, 6.45) is 4.71. The molecule has 0 aromatic carbocycles. The summed E-state index contributed by atoms with van der Waals surface area (Å²) >= 11 is 0. The Labute approximate surface area is 151 Å². The van der Waals surface area contributed by atoms with Gasteiger partial charge in [-0.1, -0.05) is 0 Å². The third-order valence-corrected chi connectivity index (χ3v) is 5.87. The minimum absolute atomic E-state index is 0.0393. The van der Waals surface area contributed by atoms with E-state index < -0.39 is 16.1 Å². The second-order valence-electron chi connectivity index (χ2n) is 6.70. The molecular weight excluding hydrogens is 352 g/mol. The van der Waals surface area contributed by atoms with Crippen molar-refractivity contribution in [3.63, 3.8) is 0 Å². The summed E-state index contributed by atoms with van der Waals surface area (Å²) in [5.41, 5.74) is 3.62. The highest BCUT2D eigenvalue weighted by atomic mass is 32.2. The summed E-state index contributed by atoms with van der Waals surface area (Å²) in [4.78, 5) is 12.2. The van der Waals surface area contributed by atoms with Crippen LogP contribution in [0.2, 0.25) is 0 Å². The molecule has 3 aromatic heterocycles. The number of nitrogens with zero attached hydrogens (tertiary/aromatic N) is 2. The highest BCUT2D eigenvalue weighted by molar-refractivity contribution is 7.89. The average Bonchev–Trinajstić information content (AvgIpc) is 3.38. The van der Waals surface area contributed by atoms with E-state index in [9.17, 15) is 13.5 Å². The van der Waals surface area contributed by atoms with Crippen molar-refractivity contribution in [3.8, 4) is 11.3 Å². The number of pyridine rings is 2. The van der Waals surface area contributed by atoms with E-state index >= 15 is 0 Å². The Morgan fingerprint density at radius 1 is 1.31 bits per heavy atom. The predicted molar refractivity (Wildman–Crippen MR) is 98.2 cm³/mol. The molecule has 1 aliphatic carbocycles. The first-order chi connectivity index (χ1) is 12.4. The molecule has 26 heavy (non-hydrogen) atoms. The summed E-state index contributed by atoms with van der Waals surface area (Å²) < 4.78 is 26.8. The number of sulfonamides is 1. The maximum atomic E-state index is 12.2. The molecule has 0 unspecified atom stereocenters. The van der Waals surface area contributed by atoms with Gasteiger partial charge >= 0.3 is 0 Å². The van der Waals surface area contributed by atoms with Crippen LogP contribution in [0.4, 0.5) is 0 Å². The molecule has 0 spiro atoms. The lowest BCUT2D eigenvalue weighted by atomic mass is 10.1. The lowest BCUT2D eigenvalue weighted by molar-refractivity contribution is 0.198. The van der Waals surface area contributed by atoms with Gasteiger partial charge in [-0.3, -0.25) is 4.98 Å². The van der Waals surface area contributed by atoms with E-state index in [0.717, 1.165) is 16.6 Å². The maximum absolute atomic E-state index is 12.2. The number of nitrogens with one attached hydrogen (secondary N) is 2. The molecule has 8 heteroatoms. The highest BCUT2D eigenvalue weighted by Gasteiger charge is 2.26. The number of H-pyrrole nitrogens is 1. The molecule has 1 atom stereocenters. The highest BCUT2D eigenvalue weighted by Crippen LogP contribution is 2.41. The van der Waals surface area contributed by atoms with Crippen molar-refractivity contribution in [2.75, 3.05) is 6.54 Å². The molecule has 0 radical (unpaired) electrons. The van der Waals surface area contributed by atoms with Gasteiger partial charge in [0.15, 0.2) is 0 Å². The van der Waals surface area contributed by atoms with E-state index in [1.807, 2.05) is 6.07 Å². The number of rotatable bonds is 6. The first kappa shape index (κ1) is 17.1. The van der Waals surface area contributed by atoms with Crippen molar-refractivity contribution in [2.45, 2.75) is 36.7 Å². The zero-order valence-corrected chi connectivity index (χ0v) is 15.1. The average molecular weight is 372 g/mol. The minimum Gasteiger partial charge on any atom is -0.392 e. The predicted octanol–water partition coefficient (Wildman–Crippen LogP) is 2.16. The largest absolute Gasteiger partial charge is 0.392 e. The van der Waals surface area contributed by atoms with E-state index in [1.165, 1.54) is 37.7 Å². The number of aromatic amines is 1. The molecule has 3 aromatic rings. The Balaban J connectivity index is 1.66. The molecule has 0 bridgehead atoms. The van der Waals surface area contributed by atoms with Crippen LogP contribution in [0.15, 0.2) is 41.6 Å². The number of aliphatic hydroxyl groups is 1. The van der Waals surface area contributed by atoms with Gasteiger partial charge in [0.2, 0.25) is 10.0 Å². The van der Waals surface area contributed by atoms with Crippen molar-refractivity contribution in [1.29, 1.82) is 0 Å². The van der Waals surface area contributed by atoms with Crippen molar-refractivity contribution >= 4 is 21.1 Å². The Bertz CT molecular complexity index is 1040. The quantitative estimate of drug-likeness (QED) is 0.614. The van der Waals surface area contributed by atoms with Gasteiger partial charge in [0.25, 0.3) is 0 Å². The van der Waals surface area contributed by atoms with Crippen LogP contribution in [-0.2, 0) is 10.0 Å². The number of fused-ring (bicyclic) bond motifs is 1. The van der Waals surface area contributed by atoms with E-state index in [2.05, 4.69) is 25.7 Å². The van der Waals surface area contributed by atoms with Crippen LogP contribution < -0.4 is 4.72 Å². The van der Waals surface area contributed by atoms with Crippen molar-refractivity contribution in [3.05, 3.63) is 42.4 Å². The normalized spacial score (nSPS) is 16.1. The molecule has 7 nitrogen and oxygen atoms in total. The molecule has 0 aliphatic heterocycles. The summed E-state index contributed by atoms with van der Waals surface area (Å²) in [6, 6.07) is 7.21. The number of hydrogen-bond acceptors (Lipinski definition) is 5. The first-order valence-electron chi connectivity index (χ1n) is 8.56. The van der Waals surface area contributed by atoms with E-state index in [-0.39, 0.29) is 11.4 Å². The zero-order chi connectivity index (χ0) is 18.3. The zero-order valence-electron chi connectivity index (χ0n) is 14.3. The monoisotopic (exact) mass is 372 g/mol. The lowest BCUT2D eigenvalue weighted by Crippen LogP contribution is -2.30. The maximum Gasteiger partial charge on any atom is 0.242 e. The van der Waals surface area contributed by atoms with Gasteiger partial charge in [-0.2, -0.15) is 0 Å². The summed E-state index contributed by atoms with van der Waals surface area (Å²) in [5, 5.41) is 10.2. The number of hydrogen-bond donors (Lipinski definition) is 3. The van der Waals surface area contributed by atoms with Gasteiger partial charge in [0, 0.05) is 35.6 Å². The fourth-order valence-corrected chi connectivity index (χ4v) is 3.96. The molecule has 3 N–H and O–H groups in total. The standard InChI is InChI=1S/C18H20N4O3S/c1-11(23)9-21-26(24,25)13-4-5-16(20-10-13)14-6-7-19-18-15(14)8-17(22-18)12-2-3-12/h4-8,10-12,21,23H,2-3,9H2,1H3,(H,19,22)/t11-/m1/s1. The number of aliphatic hydroxyl groups excluding tert-OH is 1. The third kappa shape index (κ3) is 3.35. The van der Waals surface area contributed by atoms with Gasteiger partial charge in [-0.15, -0.1) is 0 Å². The van der Waals surface area contributed by atoms with Crippen LogP contribution in [0, 0.1) is 0 Å². The second-order valence-corrected chi connectivity index (χ2v) is 8.47. The molecule has 1 fully saturated rings. The SMILES string of the molecule is C[C@@H](O)CNS(=O)(=O)c1ccc(-c2ccnc3[nH]c(C4CC4)cc23)nc1.